The highest BCUT2D eigenvalue weighted by atomic mass is 79.9. The lowest BCUT2D eigenvalue weighted by atomic mass is 10.2. The zero-order chi connectivity index (χ0) is 22.9. The maximum atomic E-state index is 12.4. The number of hydrazone groups is 1. The van der Waals surface area contributed by atoms with Crippen molar-refractivity contribution in [2.24, 2.45) is 5.10 Å². The molecule has 0 saturated heterocycles. The Morgan fingerprint density at radius 1 is 1.00 bits per heavy atom. The summed E-state index contributed by atoms with van der Waals surface area (Å²) in [5.74, 6) is 0.440. The van der Waals surface area contributed by atoms with Gasteiger partial charge < -0.3 is 14.2 Å². The van der Waals surface area contributed by atoms with E-state index in [1.807, 2.05) is 13.0 Å². The average molecular weight is 497 g/mol. The van der Waals surface area contributed by atoms with Crippen molar-refractivity contribution in [3.63, 3.8) is 0 Å². The van der Waals surface area contributed by atoms with Gasteiger partial charge in [-0.1, -0.05) is 22.0 Å². The minimum absolute atomic E-state index is 0.265. The molecule has 3 rings (SSSR count). The van der Waals surface area contributed by atoms with Gasteiger partial charge in [0.25, 0.3) is 5.91 Å². The monoisotopic (exact) mass is 496 g/mol. The lowest BCUT2D eigenvalue weighted by Gasteiger charge is -2.10. The first kappa shape index (κ1) is 23.0. The molecule has 0 bridgehead atoms. The van der Waals surface area contributed by atoms with Gasteiger partial charge in [-0.15, -0.1) is 0 Å². The normalized spacial score (nSPS) is 10.6. The molecule has 32 heavy (non-hydrogen) atoms. The molecule has 0 unspecified atom stereocenters. The van der Waals surface area contributed by atoms with Crippen molar-refractivity contribution in [3.8, 4) is 17.2 Å². The van der Waals surface area contributed by atoms with Gasteiger partial charge in [-0.2, -0.15) is 5.10 Å². The van der Waals surface area contributed by atoms with E-state index in [9.17, 15) is 9.59 Å². The molecule has 0 saturated carbocycles. The Kier molecular flexibility index (Phi) is 7.99. The molecular weight excluding hydrogens is 476 g/mol. The van der Waals surface area contributed by atoms with Gasteiger partial charge in [0.05, 0.1) is 25.5 Å². The quantitative estimate of drug-likeness (QED) is 0.208. The maximum absolute atomic E-state index is 12.4. The Morgan fingerprint density at radius 3 is 2.47 bits per heavy atom. The Labute approximate surface area is 194 Å². The molecule has 7 nitrogen and oxygen atoms in total. The molecule has 164 valence electrons. The predicted molar refractivity (Wildman–Crippen MR) is 125 cm³/mol. The summed E-state index contributed by atoms with van der Waals surface area (Å²) in [5, 5.41) is 3.97. The van der Waals surface area contributed by atoms with E-state index >= 15 is 0 Å². The number of halogens is 1. The van der Waals surface area contributed by atoms with Crippen LogP contribution in [0.25, 0.3) is 0 Å². The van der Waals surface area contributed by atoms with Crippen LogP contribution in [-0.4, -0.2) is 31.8 Å². The molecule has 8 heteroatoms. The van der Waals surface area contributed by atoms with Crippen LogP contribution in [0.5, 0.6) is 17.2 Å². The second-order valence-corrected chi connectivity index (χ2v) is 7.38. The van der Waals surface area contributed by atoms with Gasteiger partial charge >= 0.3 is 5.97 Å². The van der Waals surface area contributed by atoms with E-state index < -0.39 is 5.97 Å². The minimum Gasteiger partial charge on any atom is -0.494 e. The van der Waals surface area contributed by atoms with Gasteiger partial charge in [0, 0.05) is 10.0 Å². The number of nitrogens with zero attached hydrogens (tertiary/aromatic N) is 1. The molecule has 3 aromatic rings. The summed E-state index contributed by atoms with van der Waals surface area (Å²) < 4.78 is 17.0. The summed E-state index contributed by atoms with van der Waals surface area (Å²) in [6, 6.07) is 18.6. The van der Waals surface area contributed by atoms with Crippen LogP contribution in [-0.2, 0) is 0 Å². The van der Waals surface area contributed by atoms with E-state index in [-0.39, 0.29) is 11.7 Å². The van der Waals surface area contributed by atoms with Crippen LogP contribution in [0.2, 0.25) is 0 Å². The molecule has 3 aromatic carbocycles. The number of esters is 1. The van der Waals surface area contributed by atoms with Crippen LogP contribution in [0.4, 0.5) is 0 Å². The highest BCUT2D eigenvalue weighted by Crippen LogP contribution is 2.28. The molecule has 0 aliphatic rings. The number of methoxy groups -OCH3 is 1. The number of nitrogens with one attached hydrogen (secondary N) is 1. The molecule has 1 amide bonds. The first-order valence-corrected chi connectivity index (χ1v) is 10.5. The van der Waals surface area contributed by atoms with Gasteiger partial charge in [-0.05, 0) is 73.2 Å². The molecule has 0 aliphatic carbocycles. The van der Waals surface area contributed by atoms with Crippen LogP contribution in [0.1, 0.15) is 33.2 Å². The van der Waals surface area contributed by atoms with Crippen LogP contribution >= 0.6 is 15.9 Å². The first-order valence-electron chi connectivity index (χ1n) is 9.72. The second-order valence-electron chi connectivity index (χ2n) is 6.47. The molecular formula is C24H21BrN2O5. The molecule has 0 aliphatic heterocycles. The number of amides is 1. The van der Waals surface area contributed by atoms with Crippen LogP contribution in [0, 0.1) is 0 Å². The molecule has 0 radical (unpaired) electrons. The summed E-state index contributed by atoms with van der Waals surface area (Å²) in [7, 11) is 1.47. The fourth-order valence-electron chi connectivity index (χ4n) is 2.72. The van der Waals surface area contributed by atoms with Crippen molar-refractivity contribution in [1.82, 2.24) is 5.43 Å². The van der Waals surface area contributed by atoms with Gasteiger partial charge in [0.1, 0.15) is 5.75 Å². The van der Waals surface area contributed by atoms with E-state index in [4.69, 9.17) is 14.2 Å². The van der Waals surface area contributed by atoms with E-state index in [0.717, 1.165) is 4.47 Å². The summed E-state index contributed by atoms with van der Waals surface area (Å²) in [6.45, 7) is 2.43. The number of ether oxygens (including phenoxy) is 3. The van der Waals surface area contributed by atoms with Gasteiger partial charge in [0.15, 0.2) is 11.5 Å². The third-order valence-corrected chi connectivity index (χ3v) is 4.75. The molecule has 0 heterocycles. The Balaban J connectivity index is 1.65. The van der Waals surface area contributed by atoms with Crippen LogP contribution in [0.15, 0.2) is 76.3 Å². The fraction of sp³-hybridized carbons (Fsp3) is 0.125. The fourth-order valence-corrected chi connectivity index (χ4v) is 3.12. The average Bonchev–Trinajstić information content (AvgIpc) is 2.80. The standard InChI is InChI=1S/C24H21BrN2O5/c1-3-31-20-10-8-17(9-11-20)24(29)32-21-12-7-16(13-22(21)30-2)15-26-27-23(28)18-5-4-6-19(25)14-18/h4-15H,3H2,1-2H3,(H,27,28). The van der Waals surface area contributed by atoms with Gasteiger partial charge in [0.2, 0.25) is 0 Å². The Morgan fingerprint density at radius 2 is 1.78 bits per heavy atom. The summed E-state index contributed by atoms with van der Waals surface area (Å²) in [6.07, 6.45) is 1.47. The molecule has 0 atom stereocenters. The highest BCUT2D eigenvalue weighted by Gasteiger charge is 2.13. The Hall–Kier alpha value is -3.65. The second kappa shape index (κ2) is 11.1. The molecule has 0 spiro atoms. The van der Waals surface area contributed by atoms with E-state index in [2.05, 4.69) is 26.5 Å². The predicted octanol–water partition coefficient (Wildman–Crippen LogP) is 4.84. The van der Waals surface area contributed by atoms with Crippen molar-refractivity contribution < 1.29 is 23.8 Å². The van der Waals surface area contributed by atoms with Gasteiger partial charge in [-0.3, -0.25) is 4.79 Å². The van der Waals surface area contributed by atoms with Crippen molar-refractivity contribution in [2.45, 2.75) is 6.92 Å². The lowest BCUT2D eigenvalue weighted by Crippen LogP contribution is -2.17. The zero-order valence-corrected chi connectivity index (χ0v) is 19.1. The maximum Gasteiger partial charge on any atom is 0.343 e. The third kappa shape index (κ3) is 6.18. The topological polar surface area (TPSA) is 86.2 Å². The third-order valence-electron chi connectivity index (χ3n) is 4.26. The largest absolute Gasteiger partial charge is 0.494 e. The summed E-state index contributed by atoms with van der Waals surface area (Å²) in [5.41, 5.74) is 3.98. The van der Waals surface area contributed by atoms with Crippen LogP contribution < -0.4 is 19.6 Å². The number of benzene rings is 3. The number of carbonyl (C=O) groups is 2. The SMILES string of the molecule is CCOc1ccc(C(=O)Oc2ccc(C=NNC(=O)c3cccc(Br)c3)cc2OC)cc1. The molecule has 0 fully saturated rings. The number of carbonyl (C=O) groups excluding carboxylic acids is 2. The van der Waals surface area contributed by atoms with Crippen molar-refractivity contribution in [3.05, 3.63) is 87.9 Å². The smallest absolute Gasteiger partial charge is 0.343 e. The van der Waals surface area contributed by atoms with Crippen LogP contribution in [0.3, 0.4) is 0 Å². The van der Waals surface area contributed by atoms with E-state index in [0.29, 0.717) is 34.8 Å². The van der Waals surface area contributed by atoms with Gasteiger partial charge in [-0.25, -0.2) is 10.2 Å². The summed E-state index contributed by atoms with van der Waals surface area (Å²) in [4.78, 5) is 24.6. The number of hydrogen-bond acceptors (Lipinski definition) is 6. The Bertz CT molecular complexity index is 1130. The highest BCUT2D eigenvalue weighted by molar-refractivity contribution is 9.10. The minimum atomic E-state index is -0.519. The lowest BCUT2D eigenvalue weighted by molar-refractivity contribution is 0.0729. The summed E-state index contributed by atoms with van der Waals surface area (Å²) >= 11 is 3.33. The van der Waals surface area contributed by atoms with Crippen molar-refractivity contribution in [2.75, 3.05) is 13.7 Å². The molecule has 0 aromatic heterocycles. The molecule has 1 N–H and O–H groups in total. The van der Waals surface area contributed by atoms with Crippen molar-refractivity contribution >= 4 is 34.0 Å². The first-order chi connectivity index (χ1) is 15.5. The van der Waals surface area contributed by atoms with E-state index in [1.54, 1.807) is 60.7 Å². The number of hydrogen-bond donors (Lipinski definition) is 1. The van der Waals surface area contributed by atoms with Crippen molar-refractivity contribution in [1.29, 1.82) is 0 Å². The number of rotatable bonds is 8. The zero-order valence-electron chi connectivity index (χ0n) is 17.5. The van der Waals surface area contributed by atoms with E-state index in [1.165, 1.54) is 13.3 Å².